The van der Waals surface area contributed by atoms with E-state index in [4.69, 9.17) is 19.9 Å². The van der Waals surface area contributed by atoms with E-state index in [1.54, 1.807) is 0 Å². The summed E-state index contributed by atoms with van der Waals surface area (Å²) in [7, 11) is 0. The molecule has 1 amide bonds. The van der Waals surface area contributed by atoms with Gasteiger partial charge in [0.2, 0.25) is 0 Å². The SMILES string of the molecule is CC1(COC(N)=O)COC(C)(C)OC1.[HH]. The second-order valence-corrected chi connectivity index (χ2v) is 4.40. The number of hydrogen-bond donors (Lipinski definition) is 1. The van der Waals surface area contributed by atoms with Gasteiger partial charge in [-0.05, 0) is 13.8 Å². The molecule has 0 unspecified atom stereocenters. The van der Waals surface area contributed by atoms with E-state index in [1.807, 2.05) is 20.8 Å². The van der Waals surface area contributed by atoms with Crippen LogP contribution in [0.25, 0.3) is 0 Å². The lowest BCUT2D eigenvalue weighted by Gasteiger charge is -2.40. The molecule has 0 bridgehead atoms. The Labute approximate surface area is 85.0 Å². The van der Waals surface area contributed by atoms with E-state index in [-0.39, 0.29) is 13.4 Å². The van der Waals surface area contributed by atoms with Gasteiger partial charge < -0.3 is 19.9 Å². The summed E-state index contributed by atoms with van der Waals surface area (Å²) >= 11 is 0. The lowest BCUT2D eigenvalue weighted by Crippen LogP contribution is -2.47. The molecule has 0 saturated carbocycles. The maximum atomic E-state index is 10.4. The lowest BCUT2D eigenvalue weighted by atomic mass is 9.93. The summed E-state index contributed by atoms with van der Waals surface area (Å²) in [6.45, 7) is 6.83. The summed E-state index contributed by atoms with van der Waals surface area (Å²) in [4.78, 5) is 10.4. The highest BCUT2D eigenvalue weighted by Gasteiger charge is 2.37. The fraction of sp³-hybridized carbons (Fsp3) is 0.889. The number of nitrogens with two attached hydrogens (primary N) is 1. The summed E-state index contributed by atoms with van der Waals surface area (Å²) < 4.78 is 15.6. The Morgan fingerprint density at radius 2 is 1.93 bits per heavy atom. The second-order valence-electron chi connectivity index (χ2n) is 4.40. The van der Waals surface area contributed by atoms with Gasteiger partial charge in [0.25, 0.3) is 0 Å². The van der Waals surface area contributed by atoms with Gasteiger partial charge in [0, 0.05) is 6.84 Å². The third-order valence-electron chi connectivity index (χ3n) is 2.10. The lowest BCUT2D eigenvalue weighted by molar-refractivity contribution is -0.286. The molecule has 1 aliphatic rings. The summed E-state index contributed by atoms with van der Waals surface area (Å²) in [5.41, 5.74) is 4.58. The Morgan fingerprint density at radius 1 is 1.43 bits per heavy atom. The maximum Gasteiger partial charge on any atom is 0.404 e. The van der Waals surface area contributed by atoms with Crippen molar-refractivity contribution in [3.8, 4) is 0 Å². The summed E-state index contributed by atoms with van der Waals surface area (Å²) in [6, 6.07) is 0. The molecular weight excluding hydrogens is 186 g/mol. The number of rotatable bonds is 2. The van der Waals surface area contributed by atoms with Gasteiger partial charge in [-0.15, -0.1) is 0 Å². The van der Waals surface area contributed by atoms with Crippen LogP contribution in [-0.2, 0) is 14.2 Å². The van der Waals surface area contributed by atoms with Crippen molar-refractivity contribution in [2.75, 3.05) is 19.8 Å². The van der Waals surface area contributed by atoms with Crippen molar-refractivity contribution in [2.45, 2.75) is 26.6 Å². The molecule has 0 aromatic rings. The summed E-state index contributed by atoms with van der Waals surface area (Å²) in [6.07, 6.45) is -0.768. The highest BCUT2D eigenvalue weighted by Crippen LogP contribution is 2.29. The molecule has 0 aromatic heterocycles. The maximum absolute atomic E-state index is 10.4. The van der Waals surface area contributed by atoms with Crippen molar-refractivity contribution in [3.63, 3.8) is 0 Å². The average Bonchev–Trinajstić information content (AvgIpc) is 2.08. The predicted molar refractivity (Wildman–Crippen MR) is 51.7 cm³/mol. The molecule has 1 fully saturated rings. The van der Waals surface area contributed by atoms with Crippen molar-refractivity contribution in [1.82, 2.24) is 0 Å². The van der Waals surface area contributed by atoms with Gasteiger partial charge in [0.1, 0.15) is 6.61 Å². The third kappa shape index (κ3) is 3.16. The molecule has 0 radical (unpaired) electrons. The Balaban J connectivity index is 0.00000196. The van der Waals surface area contributed by atoms with Gasteiger partial charge in [-0.25, -0.2) is 4.79 Å². The molecule has 1 aliphatic heterocycles. The largest absolute Gasteiger partial charge is 0.449 e. The zero-order chi connectivity index (χ0) is 10.8. The fourth-order valence-corrected chi connectivity index (χ4v) is 1.11. The minimum atomic E-state index is -0.768. The van der Waals surface area contributed by atoms with Gasteiger partial charge in [-0.3, -0.25) is 0 Å². The number of ether oxygens (including phenoxy) is 3. The fourth-order valence-electron chi connectivity index (χ4n) is 1.11. The molecule has 1 rings (SSSR count). The number of carbonyl (C=O) groups is 1. The predicted octanol–water partition coefficient (Wildman–Crippen LogP) is 1.12. The standard InChI is InChI=1S/C9H17NO4.H2/c1-8(2)13-5-9(3,6-14-8)4-12-7(10)11;/h4-6H2,1-3H3,(H2,10,11);1H. The van der Waals surface area contributed by atoms with Gasteiger partial charge in [0.15, 0.2) is 5.79 Å². The van der Waals surface area contributed by atoms with E-state index in [1.165, 1.54) is 0 Å². The van der Waals surface area contributed by atoms with Crippen LogP contribution in [0, 0.1) is 5.41 Å². The zero-order valence-corrected chi connectivity index (χ0v) is 8.83. The van der Waals surface area contributed by atoms with E-state index in [0.717, 1.165) is 0 Å². The second kappa shape index (κ2) is 3.74. The summed E-state index contributed by atoms with van der Waals surface area (Å²) in [5, 5.41) is 0. The molecular formula is C9H19NO4. The minimum Gasteiger partial charge on any atom is -0.449 e. The molecule has 0 aromatic carbocycles. The molecule has 5 heteroatoms. The van der Waals surface area contributed by atoms with Crippen molar-refractivity contribution < 1.29 is 20.4 Å². The van der Waals surface area contributed by atoms with Crippen LogP contribution in [0.5, 0.6) is 0 Å². The van der Waals surface area contributed by atoms with Crippen LogP contribution in [-0.4, -0.2) is 31.7 Å². The molecule has 84 valence electrons. The molecule has 1 saturated heterocycles. The van der Waals surface area contributed by atoms with Crippen molar-refractivity contribution in [1.29, 1.82) is 0 Å². The van der Waals surface area contributed by atoms with Crippen LogP contribution < -0.4 is 5.73 Å². The average molecular weight is 205 g/mol. The highest BCUT2D eigenvalue weighted by molar-refractivity contribution is 5.64. The van der Waals surface area contributed by atoms with Gasteiger partial charge in [-0.2, -0.15) is 0 Å². The van der Waals surface area contributed by atoms with Crippen LogP contribution >= 0.6 is 0 Å². The molecule has 0 spiro atoms. The van der Waals surface area contributed by atoms with Crippen molar-refractivity contribution >= 4 is 6.09 Å². The topological polar surface area (TPSA) is 70.8 Å². The van der Waals surface area contributed by atoms with Crippen LogP contribution in [0.3, 0.4) is 0 Å². The molecule has 14 heavy (non-hydrogen) atoms. The Hall–Kier alpha value is -0.810. The summed E-state index contributed by atoms with van der Waals surface area (Å²) in [5.74, 6) is -0.549. The first-order valence-electron chi connectivity index (χ1n) is 4.53. The van der Waals surface area contributed by atoms with E-state index >= 15 is 0 Å². The number of primary amides is 1. The van der Waals surface area contributed by atoms with Crippen LogP contribution in [0.4, 0.5) is 4.79 Å². The van der Waals surface area contributed by atoms with Gasteiger partial charge in [-0.1, -0.05) is 6.92 Å². The van der Waals surface area contributed by atoms with E-state index in [9.17, 15) is 4.79 Å². The van der Waals surface area contributed by atoms with E-state index < -0.39 is 11.9 Å². The normalized spacial score (nSPS) is 24.2. The van der Waals surface area contributed by atoms with E-state index in [2.05, 4.69) is 0 Å². The molecule has 5 nitrogen and oxygen atoms in total. The first-order valence-corrected chi connectivity index (χ1v) is 4.53. The first kappa shape index (κ1) is 11.3. The molecule has 2 N–H and O–H groups in total. The zero-order valence-electron chi connectivity index (χ0n) is 8.83. The quantitative estimate of drug-likeness (QED) is 0.733. The molecule has 0 atom stereocenters. The number of hydrogen-bond acceptors (Lipinski definition) is 4. The van der Waals surface area contributed by atoms with Crippen LogP contribution in [0.2, 0.25) is 0 Å². The van der Waals surface area contributed by atoms with Gasteiger partial charge >= 0.3 is 6.09 Å². The molecule has 1 heterocycles. The third-order valence-corrected chi connectivity index (χ3v) is 2.10. The number of carbonyl (C=O) groups excluding carboxylic acids is 1. The first-order chi connectivity index (χ1) is 6.33. The smallest absolute Gasteiger partial charge is 0.404 e. The monoisotopic (exact) mass is 205 g/mol. The Bertz CT molecular complexity index is 222. The van der Waals surface area contributed by atoms with E-state index in [0.29, 0.717) is 13.2 Å². The Morgan fingerprint density at radius 3 is 2.36 bits per heavy atom. The molecule has 0 aliphatic carbocycles. The van der Waals surface area contributed by atoms with Crippen LogP contribution in [0.15, 0.2) is 0 Å². The van der Waals surface area contributed by atoms with Crippen LogP contribution in [0.1, 0.15) is 22.2 Å². The van der Waals surface area contributed by atoms with Gasteiger partial charge in [0.05, 0.1) is 13.2 Å². The van der Waals surface area contributed by atoms with Crippen molar-refractivity contribution in [2.24, 2.45) is 11.1 Å². The van der Waals surface area contributed by atoms with Crippen molar-refractivity contribution in [3.05, 3.63) is 0 Å². The number of amides is 1. The highest BCUT2D eigenvalue weighted by atomic mass is 16.7. The Kier molecular flexibility index (Phi) is 3.01. The minimum absolute atomic E-state index is 0.